The highest BCUT2D eigenvalue weighted by atomic mass is 16.5. The second-order valence-corrected chi connectivity index (χ2v) is 3.84. The number of rotatable bonds is 7. The van der Waals surface area contributed by atoms with Gasteiger partial charge in [0.05, 0.1) is 0 Å². The van der Waals surface area contributed by atoms with E-state index < -0.39 is 0 Å². The van der Waals surface area contributed by atoms with Crippen LogP contribution in [0.3, 0.4) is 0 Å². The van der Waals surface area contributed by atoms with E-state index in [0.717, 1.165) is 19.4 Å². The van der Waals surface area contributed by atoms with Crippen LogP contribution in [-0.4, -0.2) is 19.8 Å². The third-order valence-electron chi connectivity index (χ3n) is 2.84. The zero-order valence-electron chi connectivity index (χ0n) is 9.34. The summed E-state index contributed by atoms with van der Waals surface area (Å²) >= 11 is 0. The molecule has 13 heavy (non-hydrogen) atoms. The van der Waals surface area contributed by atoms with Gasteiger partial charge in [-0.25, -0.2) is 0 Å². The van der Waals surface area contributed by atoms with Gasteiger partial charge >= 0.3 is 0 Å². The van der Waals surface area contributed by atoms with Gasteiger partial charge in [0.15, 0.2) is 0 Å². The molecule has 3 N–H and O–H groups in total. The first kappa shape index (κ1) is 12.9. The standard InChI is InChI=1S/C10H24N2O/c1-5-8(2)10(12-11)9(3)6-7-13-4/h8-10,12H,5-7,11H2,1-4H3. The van der Waals surface area contributed by atoms with Gasteiger partial charge in [0.25, 0.3) is 0 Å². The topological polar surface area (TPSA) is 47.3 Å². The van der Waals surface area contributed by atoms with Crippen molar-refractivity contribution >= 4 is 0 Å². The van der Waals surface area contributed by atoms with Crippen LogP contribution in [0.25, 0.3) is 0 Å². The van der Waals surface area contributed by atoms with Gasteiger partial charge in [-0.3, -0.25) is 11.3 Å². The number of nitrogens with two attached hydrogens (primary N) is 1. The zero-order valence-corrected chi connectivity index (χ0v) is 9.34. The van der Waals surface area contributed by atoms with E-state index in [2.05, 4.69) is 26.2 Å². The summed E-state index contributed by atoms with van der Waals surface area (Å²) in [6, 6.07) is 0.403. The molecule has 0 radical (unpaired) electrons. The molecule has 0 aliphatic heterocycles. The van der Waals surface area contributed by atoms with Crippen molar-refractivity contribution in [2.75, 3.05) is 13.7 Å². The Morgan fingerprint density at radius 3 is 2.31 bits per heavy atom. The minimum Gasteiger partial charge on any atom is -0.385 e. The van der Waals surface area contributed by atoms with Crippen molar-refractivity contribution in [1.29, 1.82) is 0 Å². The van der Waals surface area contributed by atoms with Crippen LogP contribution in [0.2, 0.25) is 0 Å². The Morgan fingerprint density at radius 1 is 1.31 bits per heavy atom. The Balaban J connectivity index is 3.90. The summed E-state index contributed by atoms with van der Waals surface area (Å²) in [7, 11) is 1.74. The lowest BCUT2D eigenvalue weighted by Gasteiger charge is -2.28. The molecule has 3 atom stereocenters. The average Bonchev–Trinajstić information content (AvgIpc) is 2.15. The van der Waals surface area contributed by atoms with E-state index in [0.29, 0.717) is 17.9 Å². The van der Waals surface area contributed by atoms with Gasteiger partial charge in [0, 0.05) is 19.8 Å². The van der Waals surface area contributed by atoms with Crippen LogP contribution in [0, 0.1) is 11.8 Å². The van der Waals surface area contributed by atoms with Gasteiger partial charge in [-0.15, -0.1) is 0 Å². The number of hydrazine groups is 1. The van der Waals surface area contributed by atoms with Crippen molar-refractivity contribution in [2.45, 2.75) is 39.7 Å². The molecule has 0 saturated carbocycles. The Labute approximate surface area is 82.0 Å². The fourth-order valence-electron chi connectivity index (χ4n) is 1.63. The van der Waals surface area contributed by atoms with E-state index in [-0.39, 0.29) is 0 Å². The fraction of sp³-hybridized carbons (Fsp3) is 1.00. The summed E-state index contributed by atoms with van der Waals surface area (Å²) in [6.45, 7) is 7.46. The van der Waals surface area contributed by atoms with Crippen LogP contribution < -0.4 is 11.3 Å². The molecule has 3 heteroatoms. The number of hydrogen-bond donors (Lipinski definition) is 2. The minimum absolute atomic E-state index is 0.403. The predicted molar refractivity (Wildman–Crippen MR) is 56.2 cm³/mol. The molecular weight excluding hydrogens is 164 g/mol. The maximum atomic E-state index is 5.53. The molecular formula is C10H24N2O. The summed E-state index contributed by atoms with van der Waals surface area (Å²) in [5.74, 6) is 6.72. The number of methoxy groups -OCH3 is 1. The summed E-state index contributed by atoms with van der Waals surface area (Å²) in [5, 5.41) is 0. The summed E-state index contributed by atoms with van der Waals surface area (Å²) in [5.41, 5.74) is 2.91. The molecule has 80 valence electrons. The summed E-state index contributed by atoms with van der Waals surface area (Å²) in [4.78, 5) is 0. The van der Waals surface area contributed by atoms with Crippen LogP contribution in [0.5, 0.6) is 0 Å². The van der Waals surface area contributed by atoms with Crippen molar-refractivity contribution in [3.63, 3.8) is 0 Å². The van der Waals surface area contributed by atoms with E-state index in [9.17, 15) is 0 Å². The molecule has 0 rings (SSSR count). The smallest absolute Gasteiger partial charge is 0.0465 e. The van der Waals surface area contributed by atoms with Gasteiger partial charge in [-0.2, -0.15) is 0 Å². The Hall–Kier alpha value is -0.120. The largest absolute Gasteiger partial charge is 0.385 e. The SMILES string of the molecule is CCC(C)C(NN)C(C)CCOC. The third-order valence-corrected chi connectivity index (χ3v) is 2.84. The van der Waals surface area contributed by atoms with Crippen molar-refractivity contribution < 1.29 is 4.74 Å². The maximum Gasteiger partial charge on any atom is 0.0465 e. The highest BCUT2D eigenvalue weighted by molar-refractivity contribution is 4.75. The molecule has 0 spiro atoms. The molecule has 0 heterocycles. The highest BCUT2D eigenvalue weighted by Gasteiger charge is 2.20. The van der Waals surface area contributed by atoms with Crippen LogP contribution in [0.4, 0.5) is 0 Å². The molecule has 3 unspecified atom stereocenters. The second kappa shape index (κ2) is 7.30. The van der Waals surface area contributed by atoms with E-state index in [4.69, 9.17) is 10.6 Å². The first-order valence-corrected chi connectivity index (χ1v) is 5.12. The normalized spacial score (nSPS) is 18.2. The highest BCUT2D eigenvalue weighted by Crippen LogP contribution is 2.17. The van der Waals surface area contributed by atoms with Crippen LogP contribution in [0.1, 0.15) is 33.6 Å². The number of ether oxygens (including phenoxy) is 1. The Kier molecular flexibility index (Phi) is 7.23. The molecule has 0 aliphatic rings. The van der Waals surface area contributed by atoms with Crippen LogP contribution in [-0.2, 0) is 4.74 Å². The lowest BCUT2D eigenvalue weighted by Crippen LogP contribution is -2.44. The van der Waals surface area contributed by atoms with Gasteiger partial charge in [0.1, 0.15) is 0 Å². The molecule has 0 aromatic rings. The van der Waals surface area contributed by atoms with E-state index in [1.807, 2.05) is 0 Å². The van der Waals surface area contributed by atoms with Gasteiger partial charge < -0.3 is 4.74 Å². The van der Waals surface area contributed by atoms with Crippen LogP contribution in [0.15, 0.2) is 0 Å². The fourth-order valence-corrected chi connectivity index (χ4v) is 1.63. The zero-order chi connectivity index (χ0) is 10.3. The minimum atomic E-state index is 0.403. The number of hydrogen-bond acceptors (Lipinski definition) is 3. The summed E-state index contributed by atoms with van der Waals surface area (Å²) < 4.78 is 5.05. The Bertz CT molecular complexity index is 119. The first-order valence-electron chi connectivity index (χ1n) is 5.12. The quantitative estimate of drug-likeness (QED) is 0.470. The number of nitrogens with one attached hydrogen (secondary N) is 1. The second-order valence-electron chi connectivity index (χ2n) is 3.84. The lowest BCUT2D eigenvalue weighted by atomic mass is 9.87. The molecule has 0 saturated heterocycles. The molecule has 0 aromatic carbocycles. The third kappa shape index (κ3) is 4.60. The van der Waals surface area contributed by atoms with Crippen molar-refractivity contribution in [3.8, 4) is 0 Å². The van der Waals surface area contributed by atoms with Gasteiger partial charge in [-0.05, 0) is 18.3 Å². The first-order chi connectivity index (χ1) is 6.17. The van der Waals surface area contributed by atoms with E-state index in [1.165, 1.54) is 0 Å². The molecule has 0 aliphatic carbocycles. The average molecular weight is 188 g/mol. The molecule has 0 fully saturated rings. The van der Waals surface area contributed by atoms with Crippen molar-refractivity contribution in [1.82, 2.24) is 5.43 Å². The molecule has 0 amide bonds. The summed E-state index contributed by atoms with van der Waals surface area (Å²) in [6.07, 6.45) is 2.22. The van der Waals surface area contributed by atoms with Crippen molar-refractivity contribution in [3.05, 3.63) is 0 Å². The Morgan fingerprint density at radius 2 is 1.92 bits per heavy atom. The predicted octanol–water partition coefficient (Wildman–Crippen LogP) is 1.54. The molecule has 3 nitrogen and oxygen atoms in total. The van der Waals surface area contributed by atoms with Crippen LogP contribution >= 0.6 is 0 Å². The lowest BCUT2D eigenvalue weighted by molar-refractivity contribution is 0.159. The van der Waals surface area contributed by atoms with Crippen molar-refractivity contribution in [2.24, 2.45) is 17.7 Å². The monoisotopic (exact) mass is 188 g/mol. The van der Waals surface area contributed by atoms with E-state index in [1.54, 1.807) is 7.11 Å². The van der Waals surface area contributed by atoms with E-state index >= 15 is 0 Å². The molecule has 0 bridgehead atoms. The van der Waals surface area contributed by atoms with Gasteiger partial charge in [-0.1, -0.05) is 27.2 Å². The van der Waals surface area contributed by atoms with Gasteiger partial charge in [0.2, 0.25) is 0 Å². The molecule has 0 aromatic heterocycles. The maximum absolute atomic E-state index is 5.53.